The third-order valence-corrected chi connectivity index (χ3v) is 9.61. The molecule has 1 aliphatic rings. The monoisotopic (exact) mass is 679 g/mol. The third kappa shape index (κ3) is 9.38. The average molecular weight is 680 g/mol. The third-order valence-electron chi connectivity index (χ3n) is 7.78. The van der Waals surface area contributed by atoms with E-state index < -0.39 is 39.2 Å². The van der Waals surface area contributed by atoms with Crippen LogP contribution in [0.1, 0.15) is 54.9 Å². The van der Waals surface area contributed by atoms with Gasteiger partial charge in [-0.25, -0.2) is 26.3 Å². The molecule has 2 unspecified atom stereocenters. The van der Waals surface area contributed by atoms with Crippen LogP contribution >= 0.6 is 12.4 Å². The second kappa shape index (κ2) is 16.2. The number of carbonyl (C=O) groups is 2. The minimum absolute atomic E-state index is 0. The van der Waals surface area contributed by atoms with E-state index in [1.54, 1.807) is 12.1 Å². The summed E-state index contributed by atoms with van der Waals surface area (Å²) in [4.78, 5) is 26.7. The Labute approximate surface area is 274 Å². The van der Waals surface area contributed by atoms with E-state index in [0.717, 1.165) is 41.7 Å². The molecule has 46 heavy (non-hydrogen) atoms. The Kier molecular flexibility index (Phi) is 12.9. The highest BCUT2D eigenvalue weighted by Crippen LogP contribution is 2.27. The van der Waals surface area contributed by atoms with Crippen LogP contribution in [0.25, 0.3) is 0 Å². The standard InChI is InChI=1S/C32H39F2N5O5S.ClH/c1-4-5-6-23-17-22(36-32(41)37-30-18-27(31(35)40)28(33)19-29(30)34)15-16-39(23)20-21-7-9-24(10-8-21)44-25-11-13-26(14-12-25)45(42,43)38(2)3;/h7-14,18-19,22-23H,4-6,15-17,20H2,1-3H3,(H2,35,40)(H2,36,37,41);1H. The smallest absolute Gasteiger partial charge is 0.319 e. The number of hydrogen-bond donors (Lipinski definition) is 3. The molecule has 1 heterocycles. The lowest BCUT2D eigenvalue weighted by atomic mass is 9.93. The van der Waals surface area contributed by atoms with E-state index in [0.29, 0.717) is 37.0 Å². The summed E-state index contributed by atoms with van der Waals surface area (Å²) < 4.78 is 59.7. The lowest BCUT2D eigenvalue weighted by Crippen LogP contribution is -2.50. The van der Waals surface area contributed by atoms with Crippen LogP contribution in [0.15, 0.2) is 65.6 Å². The van der Waals surface area contributed by atoms with E-state index in [9.17, 15) is 26.8 Å². The van der Waals surface area contributed by atoms with Crippen LogP contribution < -0.4 is 21.1 Å². The molecule has 4 rings (SSSR count). The molecule has 250 valence electrons. The van der Waals surface area contributed by atoms with Crippen molar-refractivity contribution >= 4 is 40.1 Å². The number of rotatable bonds is 12. The number of hydrogen-bond acceptors (Lipinski definition) is 6. The van der Waals surface area contributed by atoms with Gasteiger partial charge in [0.1, 0.15) is 23.1 Å². The van der Waals surface area contributed by atoms with E-state index in [1.807, 2.05) is 24.3 Å². The van der Waals surface area contributed by atoms with Crippen molar-refractivity contribution in [3.63, 3.8) is 0 Å². The predicted octanol–water partition coefficient (Wildman–Crippen LogP) is 5.87. The number of nitrogens with zero attached hydrogens (tertiary/aromatic N) is 2. The van der Waals surface area contributed by atoms with Crippen molar-refractivity contribution in [2.24, 2.45) is 5.73 Å². The van der Waals surface area contributed by atoms with Crippen LogP contribution in [0.3, 0.4) is 0 Å². The first kappa shape index (κ1) is 36.7. The highest BCUT2D eigenvalue weighted by Gasteiger charge is 2.29. The van der Waals surface area contributed by atoms with Gasteiger partial charge in [-0.15, -0.1) is 12.4 Å². The van der Waals surface area contributed by atoms with E-state index in [-0.39, 0.29) is 35.1 Å². The van der Waals surface area contributed by atoms with Crippen molar-refractivity contribution in [3.8, 4) is 11.5 Å². The molecular formula is C32H40ClF2N5O5S. The number of halogens is 3. The van der Waals surface area contributed by atoms with Gasteiger partial charge >= 0.3 is 6.03 Å². The number of unbranched alkanes of at least 4 members (excludes halogenated alkanes) is 1. The molecule has 0 aromatic heterocycles. The molecule has 2 atom stereocenters. The van der Waals surface area contributed by atoms with Crippen LogP contribution in [0.5, 0.6) is 11.5 Å². The van der Waals surface area contributed by atoms with Gasteiger partial charge in [-0.2, -0.15) is 0 Å². The van der Waals surface area contributed by atoms with Gasteiger partial charge in [0.15, 0.2) is 0 Å². The van der Waals surface area contributed by atoms with Gasteiger partial charge in [-0.3, -0.25) is 9.69 Å². The number of carbonyl (C=O) groups excluding carboxylic acids is 2. The van der Waals surface area contributed by atoms with E-state index >= 15 is 0 Å². The van der Waals surface area contributed by atoms with Crippen molar-refractivity contribution in [2.75, 3.05) is 26.0 Å². The highest BCUT2D eigenvalue weighted by atomic mass is 35.5. The molecule has 0 saturated carbocycles. The quantitative estimate of drug-likeness (QED) is 0.219. The first-order valence-electron chi connectivity index (χ1n) is 14.8. The van der Waals surface area contributed by atoms with Gasteiger partial charge in [0.2, 0.25) is 10.0 Å². The molecule has 3 amide bonds. The summed E-state index contributed by atoms with van der Waals surface area (Å²) in [6.07, 6.45) is 4.38. The van der Waals surface area contributed by atoms with Crippen molar-refractivity contribution in [1.29, 1.82) is 0 Å². The Balaban J connectivity index is 0.00000576. The molecule has 3 aromatic rings. The summed E-state index contributed by atoms with van der Waals surface area (Å²) in [7, 11) is -0.552. The van der Waals surface area contributed by atoms with E-state index in [2.05, 4.69) is 22.5 Å². The summed E-state index contributed by atoms with van der Waals surface area (Å²) in [5, 5.41) is 5.26. The average Bonchev–Trinajstić information content (AvgIpc) is 2.99. The van der Waals surface area contributed by atoms with Crippen LogP contribution in [0.4, 0.5) is 19.3 Å². The first-order chi connectivity index (χ1) is 21.4. The van der Waals surface area contributed by atoms with Gasteiger partial charge in [-0.1, -0.05) is 31.9 Å². The molecule has 0 radical (unpaired) electrons. The fourth-order valence-electron chi connectivity index (χ4n) is 5.28. The number of sulfonamides is 1. The van der Waals surface area contributed by atoms with Gasteiger partial charge in [0.05, 0.1) is 16.1 Å². The fourth-order valence-corrected chi connectivity index (χ4v) is 6.18. The number of nitrogens with two attached hydrogens (primary N) is 1. The largest absolute Gasteiger partial charge is 0.457 e. The zero-order valence-electron chi connectivity index (χ0n) is 26.0. The number of urea groups is 1. The first-order valence-corrected chi connectivity index (χ1v) is 16.2. The second-order valence-electron chi connectivity index (χ2n) is 11.3. The predicted molar refractivity (Wildman–Crippen MR) is 175 cm³/mol. The Morgan fingerprint density at radius 1 is 1.02 bits per heavy atom. The molecular weight excluding hydrogens is 640 g/mol. The number of anilines is 1. The molecule has 1 fully saturated rings. The normalized spacial score (nSPS) is 16.8. The Hall–Kier alpha value is -3.78. The summed E-state index contributed by atoms with van der Waals surface area (Å²) in [6, 6.07) is 14.8. The Morgan fingerprint density at radius 2 is 1.65 bits per heavy atom. The molecule has 0 spiro atoms. The van der Waals surface area contributed by atoms with E-state index in [1.165, 1.54) is 26.2 Å². The number of benzene rings is 3. The molecule has 0 aliphatic carbocycles. The van der Waals surface area contributed by atoms with Gasteiger partial charge in [-0.05, 0) is 67.3 Å². The van der Waals surface area contributed by atoms with Crippen molar-refractivity contribution < 1.29 is 31.5 Å². The van der Waals surface area contributed by atoms with Gasteiger partial charge in [0.25, 0.3) is 5.91 Å². The van der Waals surface area contributed by atoms with Gasteiger partial charge in [0, 0.05) is 45.3 Å². The zero-order chi connectivity index (χ0) is 32.7. The zero-order valence-corrected chi connectivity index (χ0v) is 27.6. The molecule has 4 N–H and O–H groups in total. The highest BCUT2D eigenvalue weighted by molar-refractivity contribution is 7.89. The molecule has 1 saturated heterocycles. The number of amides is 3. The van der Waals surface area contributed by atoms with Crippen LogP contribution in [-0.4, -0.2) is 62.3 Å². The maximum absolute atomic E-state index is 14.2. The fraction of sp³-hybridized carbons (Fsp3) is 0.375. The van der Waals surface area contributed by atoms with Crippen molar-refractivity contribution in [3.05, 3.63) is 83.4 Å². The number of likely N-dealkylation sites (tertiary alicyclic amines) is 1. The minimum atomic E-state index is -3.52. The molecule has 3 aromatic carbocycles. The number of nitrogens with one attached hydrogen (secondary N) is 2. The van der Waals surface area contributed by atoms with Crippen LogP contribution in [0, 0.1) is 11.6 Å². The van der Waals surface area contributed by atoms with Crippen LogP contribution in [0.2, 0.25) is 0 Å². The van der Waals surface area contributed by atoms with Crippen LogP contribution in [-0.2, 0) is 16.6 Å². The topological polar surface area (TPSA) is 134 Å². The molecule has 1 aliphatic heterocycles. The summed E-state index contributed by atoms with van der Waals surface area (Å²) in [6.45, 7) is 3.57. The number of piperidine rings is 1. The molecule has 0 bridgehead atoms. The number of ether oxygens (including phenoxy) is 1. The maximum Gasteiger partial charge on any atom is 0.319 e. The van der Waals surface area contributed by atoms with E-state index in [4.69, 9.17) is 10.5 Å². The Morgan fingerprint density at radius 3 is 2.24 bits per heavy atom. The Bertz CT molecular complexity index is 1610. The summed E-state index contributed by atoms with van der Waals surface area (Å²) in [5.41, 5.74) is 5.40. The van der Waals surface area contributed by atoms with Gasteiger partial charge < -0.3 is 21.1 Å². The summed E-state index contributed by atoms with van der Waals surface area (Å²) >= 11 is 0. The molecule has 14 heteroatoms. The van der Waals surface area contributed by atoms with Crippen molar-refractivity contribution in [2.45, 2.75) is 62.6 Å². The van der Waals surface area contributed by atoms with Crippen molar-refractivity contribution in [1.82, 2.24) is 14.5 Å². The summed E-state index contributed by atoms with van der Waals surface area (Å²) in [5.74, 6) is -2.01. The SMILES string of the molecule is CCCCC1CC(NC(=O)Nc2cc(C(N)=O)c(F)cc2F)CCN1Cc1ccc(Oc2ccc(S(=O)(=O)N(C)C)cc2)cc1.Cl. The second-order valence-corrected chi connectivity index (χ2v) is 13.4. The molecule has 10 nitrogen and oxygen atoms in total. The lowest BCUT2D eigenvalue weighted by Gasteiger charge is -2.40. The lowest BCUT2D eigenvalue weighted by molar-refractivity contribution is 0.0996. The number of primary amides is 1. The minimum Gasteiger partial charge on any atom is -0.457 e. The maximum atomic E-state index is 14.2.